The number of thioether (sulfide) groups is 1. The molecular formula is C10H15NS. The summed E-state index contributed by atoms with van der Waals surface area (Å²) in [6.45, 7) is 3.49. The van der Waals surface area contributed by atoms with Crippen molar-refractivity contribution < 1.29 is 0 Å². The lowest BCUT2D eigenvalue weighted by molar-refractivity contribution is 0.413. The second-order valence-corrected chi connectivity index (χ2v) is 4.20. The third-order valence-corrected chi connectivity index (χ3v) is 3.36. The fraction of sp³-hybridized carbons (Fsp3) is 0.600. The van der Waals surface area contributed by atoms with E-state index in [1.165, 1.54) is 43.0 Å². The predicted molar refractivity (Wildman–Crippen MR) is 54.6 cm³/mol. The van der Waals surface area contributed by atoms with E-state index in [1.807, 2.05) is 11.8 Å². The van der Waals surface area contributed by atoms with Crippen LogP contribution in [-0.4, -0.2) is 11.4 Å². The number of rotatable bonds is 2. The number of nitrogens with zero attached hydrogens (tertiary/aromatic N) is 1. The topological polar surface area (TPSA) is 3.24 Å². The highest BCUT2D eigenvalue weighted by atomic mass is 32.2. The minimum atomic E-state index is 1.24. The Morgan fingerprint density at radius 3 is 3.33 bits per heavy atom. The molecule has 0 saturated heterocycles. The van der Waals surface area contributed by atoms with Crippen LogP contribution in [0.4, 0.5) is 0 Å². The van der Waals surface area contributed by atoms with Gasteiger partial charge in [0.2, 0.25) is 0 Å². The SMILES string of the molecule is CCCC1=CSC2=CCCCN12. The molecule has 0 amide bonds. The lowest BCUT2D eigenvalue weighted by atomic mass is 10.2. The highest BCUT2D eigenvalue weighted by Gasteiger charge is 2.21. The Labute approximate surface area is 78.5 Å². The van der Waals surface area contributed by atoms with E-state index in [4.69, 9.17) is 0 Å². The molecule has 2 aliphatic heterocycles. The molecule has 12 heavy (non-hydrogen) atoms. The van der Waals surface area contributed by atoms with E-state index in [1.54, 1.807) is 0 Å². The average Bonchev–Trinajstić information content (AvgIpc) is 2.50. The van der Waals surface area contributed by atoms with Crippen LogP contribution in [0.5, 0.6) is 0 Å². The molecular weight excluding hydrogens is 166 g/mol. The van der Waals surface area contributed by atoms with E-state index >= 15 is 0 Å². The van der Waals surface area contributed by atoms with Crippen LogP contribution in [0.15, 0.2) is 22.2 Å². The van der Waals surface area contributed by atoms with Gasteiger partial charge in [0.25, 0.3) is 0 Å². The molecule has 0 fully saturated rings. The summed E-state index contributed by atoms with van der Waals surface area (Å²) < 4.78 is 0. The first-order chi connectivity index (χ1) is 5.92. The Bertz CT molecular complexity index is 230. The van der Waals surface area contributed by atoms with Crippen LogP contribution >= 0.6 is 11.8 Å². The van der Waals surface area contributed by atoms with E-state index < -0.39 is 0 Å². The Hall–Kier alpha value is -0.370. The van der Waals surface area contributed by atoms with Gasteiger partial charge >= 0.3 is 0 Å². The first kappa shape index (κ1) is 8.24. The van der Waals surface area contributed by atoms with Gasteiger partial charge in [0.15, 0.2) is 0 Å². The number of hydrogen-bond donors (Lipinski definition) is 0. The van der Waals surface area contributed by atoms with Crippen LogP contribution in [0.3, 0.4) is 0 Å². The molecule has 0 aromatic carbocycles. The van der Waals surface area contributed by atoms with Crippen molar-refractivity contribution >= 4 is 11.8 Å². The van der Waals surface area contributed by atoms with Crippen molar-refractivity contribution in [3.8, 4) is 0 Å². The predicted octanol–water partition coefficient (Wildman–Crippen LogP) is 3.31. The normalized spacial score (nSPS) is 21.9. The van der Waals surface area contributed by atoms with Gasteiger partial charge in [0, 0.05) is 12.2 Å². The summed E-state index contributed by atoms with van der Waals surface area (Å²) in [5.74, 6) is 0. The quantitative estimate of drug-likeness (QED) is 0.643. The molecule has 2 heteroatoms. The standard InChI is InChI=1S/C10H15NS/c1-2-5-9-8-12-10-6-3-4-7-11(9)10/h6,8H,2-5,7H2,1H3. The Kier molecular flexibility index (Phi) is 2.45. The average molecular weight is 181 g/mol. The second kappa shape index (κ2) is 3.56. The highest BCUT2D eigenvalue weighted by molar-refractivity contribution is 8.06. The van der Waals surface area contributed by atoms with Gasteiger partial charge in [0.05, 0.1) is 5.03 Å². The van der Waals surface area contributed by atoms with Crippen LogP contribution in [0, 0.1) is 0 Å². The van der Waals surface area contributed by atoms with Gasteiger partial charge in [-0.25, -0.2) is 0 Å². The summed E-state index contributed by atoms with van der Waals surface area (Å²) in [5.41, 5.74) is 1.54. The monoisotopic (exact) mass is 181 g/mol. The minimum absolute atomic E-state index is 1.24. The van der Waals surface area contributed by atoms with Crippen molar-refractivity contribution in [2.75, 3.05) is 6.54 Å². The molecule has 0 aromatic heterocycles. The van der Waals surface area contributed by atoms with Gasteiger partial charge < -0.3 is 4.90 Å². The van der Waals surface area contributed by atoms with Crippen molar-refractivity contribution in [3.63, 3.8) is 0 Å². The van der Waals surface area contributed by atoms with Gasteiger partial charge in [-0.05, 0) is 24.7 Å². The number of hydrogen-bond acceptors (Lipinski definition) is 2. The molecule has 0 saturated carbocycles. The smallest absolute Gasteiger partial charge is 0.0752 e. The Morgan fingerprint density at radius 1 is 1.58 bits per heavy atom. The van der Waals surface area contributed by atoms with Crippen molar-refractivity contribution in [3.05, 3.63) is 22.2 Å². The zero-order chi connectivity index (χ0) is 8.39. The largest absolute Gasteiger partial charge is 0.339 e. The van der Waals surface area contributed by atoms with Crippen LogP contribution < -0.4 is 0 Å². The first-order valence-corrected chi connectivity index (χ1v) is 5.63. The van der Waals surface area contributed by atoms with E-state index in [-0.39, 0.29) is 0 Å². The van der Waals surface area contributed by atoms with Crippen molar-refractivity contribution in [1.82, 2.24) is 4.90 Å². The molecule has 1 nitrogen and oxygen atoms in total. The fourth-order valence-electron chi connectivity index (χ4n) is 1.73. The minimum Gasteiger partial charge on any atom is -0.339 e. The summed E-state index contributed by atoms with van der Waals surface area (Å²) in [6, 6.07) is 0. The molecule has 0 N–H and O–H groups in total. The molecule has 0 aliphatic carbocycles. The van der Waals surface area contributed by atoms with Crippen LogP contribution in [-0.2, 0) is 0 Å². The number of allylic oxidation sites excluding steroid dienone is 2. The van der Waals surface area contributed by atoms with Crippen molar-refractivity contribution in [1.29, 1.82) is 0 Å². The first-order valence-electron chi connectivity index (χ1n) is 4.75. The molecule has 0 bridgehead atoms. The number of fused-ring (bicyclic) bond motifs is 1. The lowest BCUT2D eigenvalue weighted by Gasteiger charge is -2.26. The second-order valence-electron chi connectivity index (χ2n) is 3.31. The zero-order valence-electron chi connectivity index (χ0n) is 7.55. The van der Waals surface area contributed by atoms with E-state index in [0.717, 1.165) is 0 Å². The van der Waals surface area contributed by atoms with Gasteiger partial charge in [-0.2, -0.15) is 0 Å². The Balaban J connectivity index is 2.09. The summed E-state index contributed by atoms with van der Waals surface area (Å²) >= 11 is 1.90. The Morgan fingerprint density at radius 2 is 2.50 bits per heavy atom. The molecule has 2 rings (SSSR count). The summed E-state index contributed by atoms with van der Waals surface area (Å²) in [7, 11) is 0. The van der Waals surface area contributed by atoms with Gasteiger partial charge in [-0.15, -0.1) is 0 Å². The molecule has 2 aliphatic rings. The van der Waals surface area contributed by atoms with Gasteiger partial charge in [-0.1, -0.05) is 31.2 Å². The zero-order valence-corrected chi connectivity index (χ0v) is 8.36. The van der Waals surface area contributed by atoms with E-state index in [2.05, 4.69) is 23.3 Å². The summed E-state index contributed by atoms with van der Waals surface area (Å²) in [5, 5.41) is 3.80. The molecule has 66 valence electrons. The van der Waals surface area contributed by atoms with Crippen molar-refractivity contribution in [2.45, 2.75) is 32.6 Å². The third-order valence-electron chi connectivity index (χ3n) is 2.34. The molecule has 0 atom stereocenters. The van der Waals surface area contributed by atoms with Crippen molar-refractivity contribution in [2.24, 2.45) is 0 Å². The van der Waals surface area contributed by atoms with E-state index in [9.17, 15) is 0 Å². The summed E-state index contributed by atoms with van der Waals surface area (Å²) in [6.07, 6.45) is 7.46. The molecule has 0 spiro atoms. The van der Waals surface area contributed by atoms with Crippen LogP contribution in [0.25, 0.3) is 0 Å². The van der Waals surface area contributed by atoms with Crippen LogP contribution in [0.1, 0.15) is 32.6 Å². The van der Waals surface area contributed by atoms with E-state index in [0.29, 0.717) is 0 Å². The summed E-state index contributed by atoms with van der Waals surface area (Å²) in [4.78, 5) is 2.48. The maximum atomic E-state index is 2.48. The molecule has 0 aromatic rings. The van der Waals surface area contributed by atoms with Gasteiger partial charge in [-0.3, -0.25) is 0 Å². The lowest BCUT2D eigenvalue weighted by Crippen LogP contribution is -2.21. The fourth-order valence-corrected chi connectivity index (χ4v) is 2.79. The molecule has 0 radical (unpaired) electrons. The third kappa shape index (κ3) is 1.40. The van der Waals surface area contributed by atoms with Crippen LogP contribution in [0.2, 0.25) is 0 Å². The molecule has 2 heterocycles. The van der Waals surface area contributed by atoms with Gasteiger partial charge in [0.1, 0.15) is 0 Å². The molecule has 0 unspecified atom stereocenters. The maximum absolute atomic E-state index is 2.48. The maximum Gasteiger partial charge on any atom is 0.0752 e. The highest BCUT2D eigenvalue weighted by Crippen LogP contribution is 2.38.